The van der Waals surface area contributed by atoms with Gasteiger partial charge in [0.05, 0.1) is 7.11 Å². The summed E-state index contributed by atoms with van der Waals surface area (Å²) in [7, 11) is 3.32. The van der Waals surface area contributed by atoms with Crippen molar-refractivity contribution < 1.29 is 18.7 Å². The number of anilines is 1. The van der Waals surface area contributed by atoms with Crippen molar-refractivity contribution in [1.29, 1.82) is 0 Å². The van der Waals surface area contributed by atoms with Crippen LogP contribution in [0.15, 0.2) is 65.2 Å². The number of hydrogen-bond donors (Lipinski definition) is 1. The number of methoxy groups -OCH3 is 1. The number of hydrogen-bond acceptors (Lipinski definition) is 7. The first kappa shape index (κ1) is 19.2. The molecule has 0 aliphatic heterocycles. The molecule has 2 aromatic carbocycles. The molecular formula is C21H19N5O4. The molecule has 1 amide bonds. The van der Waals surface area contributed by atoms with Crippen LogP contribution < -0.4 is 14.8 Å². The van der Waals surface area contributed by atoms with Gasteiger partial charge < -0.3 is 19.2 Å². The van der Waals surface area contributed by atoms with Crippen LogP contribution in [0, 0.1) is 0 Å². The second kappa shape index (κ2) is 8.48. The minimum atomic E-state index is -0.236. The summed E-state index contributed by atoms with van der Waals surface area (Å²) < 4.78 is 18.0. The van der Waals surface area contributed by atoms with Crippen molar-refractivity contribution in [3.63, 3.8) is 0 Å². The molecule has 0 saturated carbocycles. The number of amides is 1. The van der Waals surface area contributed by atoms with Crippen LogP contribution in [0.5, 0.6) is 11.5 Å². The SMILES string of the molecule is COc1ccc(-c2nnc(COc3ccc(NC(=O)c4ccnn4C)cc3)o2)cc1. The Hall–Kier alpha value is -4.14. The molecule has 0 unspecified atom stereocenters. The molecule has 0 aliphatic carbocycles. The zero-order valence-electron chi connectivity index (χ0n) is 16.4. The van der Waals surface area contributed by atoms with Gasteiger partial charge in [-0.3, -0.25) is 9.48 Å². The average molecular weight is 405 g/mol. The molecular weight excluding hydrogens is 386 g/mol. The van der Waals surface area contributed by atoms with E-state index >= 15 is 0 Å². The summed E-state index contributed by atoms with van der Waals surface area (Å²) >= 11 is 0. The lowest BCUT2D eigenvalue weighted by Crippen LogP contribution is -2.15. The first-order valence-corrected chi connectivity index (χ1v) is 9.11. The Balaban J connectivity index is 1.33. The molecule has 2 aromatic heterocycles. The maximum absolute atomic E-state index is 12.2. The highest BCUT2D eigenvalue weighted by atomic mass is 16.5. The standard InChI is InChI=1S/C21H19N5O4/c1-26-18(11-12-22-26)20(27)23-15-5-9-17(10-6-15)29-13-19-24-25-21(30-19)14-3-7-16(28-2)8-4-14/h3-12H,13H2,1-2H3,(H,23,27). The van der Waals surface area contributed by atoms with Gasteiger partial charge in [-0.2, -0.15) is 5.10 Å². The van der Waals surface area contributed by atoms with E-state index in [1.807, 2.05) is 24.3 Å². The van der Waals surface area contributed by atoms with Crippen LogP contribution in [0.4, 0.5) is 5.69 Å². The van der Waals surface area contributed by atoms with Gasteiger partial charge in [-0.15, -0.1) is 10.2 Å². The van der Waals surface area contributed by atoms with Crippen molar-refractivity contribution in [1.82, 2.24) is 20.0 Å². The molecule has 1 N–H and O–H groups in total. The lowest BCUT2D eigenvalue weighted by molar-refractivity contribution is 0.101. The molecule has 0 saturated heterocycles. The zero-order chi connectivity index (χ0) is 20.9. The summed E-state index contributed by atoms with van der Waals surface area (Å²) in [6, 6.07) is 16.0. The van der Waals surface area contributed by atoms with Crippen LogP contribution in [0.25, 0.3) is 11.5 Å². The van der Waals surface area contributed by atoms with Crippen LogP contribution >= 0.6 is 0 Å². The van der Waals surface area contributed by atoms with Crippen LogP contribution in [-0.4, -0.2) is 33.0 Å². The van der Waals surface area contributed by atoms with E-state index in [2.05, 4.69) is 20.6 Å². The summed E-state index contributed by atoms with van der Waals surface area (Å²) in [6.07, 6.45) is 1.57. The largest absolute Gasteiger partial charge is 0.497 e. The first-order chi connectivity index (χ1) is 14.6. The number of carbonyl (C=O) groups excluding carboxylic acids is 1. The van der Waals surface area contributed by atoms with E-state index in [0.717, 1.165) is 11.3 Å². The van der Waals surface area contributed by atoms with Crippen molar-refractivity contribution in [2.24, 2.45) is 7.05 Å². The van der Waals surface area contributed by atoms with Gasteiger partial charge in [0.1, 0.15) is 17.2 Å². The Morgan fingerprint density at radius 3 is 2.43 bits per heavy atom. The Bertz CT molecular complexity index is 1130. The number of aromatic nitrogens is 4. The van der Waals surface area contributed by atoms with Crippen molar-refractivity contribution in [2.75, 3.05) is 12.4 Å². The van der Waals surface area contributed by atoms with Crippen molar-refractivity contribution in [3.05, 3.63) is 72.4 Å². The first-order valence-electron chi connectivity index (χ1n) is 9.11. The summed E-state index contributed by atoms with van der Waals surface area (Å²) in [5.74, 6) is 1.89. The predicted molar refractivity (Wildman–Crippen MR) is 108 cm³/mol. The smallest absolute Gasteiger partial charge is 0.273 e. The lowest BCUT2D eigenvalue weighted by atomic mass is 10.2. The quantitative estimate of drug-likeness (QED) is 0.503. The molecule has 0 radical (unpaired) electrons. The highest BCUT2D eigenvalue weighted by molar-refractivity contribution is 6.03. The maximum atomic E-state index is 12.2. The second-order valence-corrected chi connectivity index (χ2v) is 6.34. The van der Waals surface area contributed by atoms with Crippen LogP contribution in [0.2, 0.25) is 0 Å². The molecule has 2 heterocycles. The molecule has 0 atom stereocenters. The number of nitrogens with zero attached hydrogens (tertiary/aromatic N) is 4. The topological polar surface area (TPSA) is 104 Å². The fraction of sp³-hybridized carbons (Fsp3) is 0.143. The second-order valence-electron chi connectivity index (χ2n) is 6.34. The Kier molecular flexibility index (Phi) is 5.42. The molecule has 4 rings (SSSR count). The fourth-order valence-corrected chi connectivity index (χ4v) is 2.73. The molecule has 0 bridgehead atoms. The molecule has 30 heavy (non-hydrogen) atoms. The Labute approximate surface area is 172 Å². The van der Waals surface area contributed by atoms with Gasteiger partial charge >= 0.3 is 0 Å². The normalized spacial score (nSPS) is 10.6. The van der Waals surface area contributed by atoms with Gasteiger partial charge in [0, 0.05) is 24.5 Å². The number of aryl methyl sites for hydroxylation is 1. The highest BCUT2D eigenvalue weighted by Crippen LogP contribution is 2.22. The highest BCUT2D eigenvalue weighted by Gasteiger charge is 2.11. The van der Waals surface area contributed by atoms with Crippen LogP contribution in [-0.2, 0) is 13.7 Å². The van der Waals surface area contributed by atoms with E-state index in [-0.39, 0.29) is 12.5 Å². The van der Waals surface area contributed by atoms with Crippen molar-refractivity contribution in [3.8, 4) is 23.0 Å². The van der Waals surface area contributed by atoms with Crippen LogP contribution in [0.1, 0.15) is 16.4 Å². The van der Waals surface area contributed by atoms with E-state index < -0.39 is 0 Å². The van der Waals surface area contributed by atoms with E-state index in [9.17, 15) is 4.79 Å². The number of ether oxygens (including phenoxy) is 2. The minimum Gasteiger partial charge on any atom is -0.497 e. The number of rotatable bonds is 7. The van der Waals surface area contributed by atoms with Crippen molar-refractivity contribution >= 4 is 11.6 Å². The molecule has 0 spiro atoms. The molecule has 9 heteroatoms. The molecule has 9 nitrogen and oxygen atoms in total. The monoisotopic (exact) mass is 405 g/mol. The van der Waals surface area contributed by atoms with Gasteiger partial charge in [0.25, 0.3) is 11.8 Å². The fourth-order valence-electron chi connectivity index (χ4n) is 2.73. The Morgan fingerprint density at radius 1 is 1.03 bits per heavy atom. The number of carbonyl (C=O) groups is 1. The summed E-state index contributed by atoms with van der Waals surface area (Å²) in [4.78, 5) is 12.2. The molecule has 4 aromatic rings. The molecule has 152 valence electrons. The van der Waals surface area contributed by atoms with Gasteiger partial charge in [0.15, 0.2) is 6.61 Å². The van der Waals surface area contributed by atoms with Gasteiger partial charge in [-0.05, 0) is 54.6 Å². The number of benzene rings is 2. The van der Waals surface area contributed by atoms with Gasteiger partial charge in [0.2, 0.25) is 5.89 Å². The minimum absolute atomic E-state index is 0.129. The van der Waals surface area contributed by atoms with E-state index in [1.54, 1.807) is 50.7 Å². The predicted octanol–water partition coefficient (Wildman–Crippen LogP) is 3.31. The van der Waals surface area contributed by atoms with Gasteiger partial charge in [-0.1, -0.05) is 0 Å². The summed E-state index contributed by atoms with van der Waals surface area (Å²) in [5, 5.41) is 14.8. The molecule has 0 fully saturated rings. The molecule has 0 aliphatic rings. The van der Waals surface area contributed by atoms with E-state index in [1.165, 1.54) is 4.68 Å². The zero-order valence-corrected chi connectivity index (χ0v) is 16.4. The average Bonchev–Trinajstić information content (AvgIpc) is 3.42. The lowest BCUT2D eigenvalue weighted by Gasteiger charge is -2.07. The van der Waals surface area contributed by atoms with Gasteiger partial charge in [-0.25, -0.2) is 0 Å². The third-order valence-corrected chi connectivity index (χ3v) is 4.33. The summed E-state index contributed by atoms with van der Waals surface area (Å²) in [6.45, 7) is 0.129. The van der Waals surface area contributed by atoms with Crippen molar-refractivity contribution in [2.45, 2.75) is 6.61 Å². The number of nitrogens with one attached hydrogen (secondary N) is 1. The summed E-state index contributed by atoms with van der Waals surface area (Å²) in [5.41, 5.74) is 1.91. The third kappa shape index (κ3) is 4.30. The maximum Gasteiger partial charge on any atom is 0.273 e. The van der Waals surface area contributed by atoms with E-state index in [0.29, 0.717) is 28.9 Å². The Morgan fingerprint density at radius 2 is 1.77 bits per heavy atom. The van der Waals surface area contributed by atoms with E-state index in [4.69, 9.17) is 13.9 Å². The third-order valence-electron chi connectivity index (χ3n) is 4.33. The van der Waals surface area contributed by atoms with Crippen LogP contribution in [0.3, 0.4) is 0 Å².